The van der Waals surface area contributed by atoms with Crippen LogP contribution in [0, 0.1) is 11.8 Å². The fourth-order valence-electron chi connectivity index (χ4n) is 7.69. The number of carbonyl (C=O) groups excluding carboxylic acids is 2. The maximum absolute atomic E-state index is 14.3. The van der Waals surface area contributed by atoms with E-state index in [-0.39, 0.29) is 23.4 Å². The second kappa shape index (κ2) is 18.0. The third-order valence-electron chi connectivity index (χ3n) is 10.4. The average Bonchev–Trinajstić information content (AvgIpc) is 3.43. The molecule has 2 atom stereocenters. The number of benzene rings is 2. The topological polar surface area (TPSA) is 52.6 Å². The Bertz CT molecular complexity index is 1100. The van der Waals surface area contributed by atoms with Crippen LogP contribution in [0.1, 0.15) is 112 Å². The molecule has 46 heavy (non-hydrogen) atoms. The first-order valence-corrected chi connectivity index (χ1v) is 18.5. The molecule has 0 radical (unpaired) electrons. The fraction of sp³-hybridized carbons (Fsp3) is 0.650. The number of nitrogens with zero attached hydrogens (tertiary/aromatic N) is 2. The molecule has 0 amide bonds. The van der Waals surface area contributed by atoms with Crippen molar-refractivity contribution in [2.24, 2.45) is 11.8 Å². The Morgan fingerprint density at radius 3 is 1.20 bits per heavy atom. The van der Waals surface area contributed by atoms with Gasteiger partial charge in [-0.2, -0.15) is 0 Å². The Morgan fingerprint density at radius 2 is 0.891 bits per heavy atom. The van der Waals surface area contributed by atoms with Crippen LogP contribution in [0.2, 0.25) is 0 Å². The van der Waals surface area contributed by atoms with Gasteiger partial charge >= 0.3 is 0 Å². The molecule has 2 heterocycles. The molecule has 6 heteroatoms. The first-order valence-electron chi connectivity index (χ1n) is 18.5. The van der Waals surface area contributed by atoms with Crippen LogP contribution in [0.4, 0.5) is 0 Å². The standard InChI is InChI=1S/C40H62N2O4/c1-5-29-45-37-21-17-33(18-22-37)39(43)35(31-41(3)25-11-7-8-12-26-41)15-16-36(32-42(4)27-13-9-10-14-28-42)40(44)34-19-23-38(24-20-34)46-30-6-2/h17-24,35-36H,5-16,25-32H2,1-4H3/q+2/t35-,36-/m1/s1. The highest BCUT2D eigenvalue weighted by atomic mass is 16.5. The monoisotopic (exact) mass is 634 g/mol. The van der Waals surface area contributed by atoms with Crippen LogP contribution in [0.5, 0.6) is 11.5 Å². The molecule has 0 aliphatic carbocycles. The molecule has 0 bridgehead atoms. The minimum atomic E-state index is -0.125. The lowest BCUT2D eigenvalue weighted by Gasteiger charge is -2.38. The molecule has 254 valence electrons. The highest BCUT2D eigenvalue weighted by molar-refractivity contribution is 5.99. The lowest BCUT2D eigenvalue weighted by molar-refractivity contribution is -0.911. The molecule has 0 N–H and O–H groups in total. The van der Waals surface area contributed by atoms with Crippen LogP contribution >= 0.6 is 0 Å². The Balaban J connectivity index is 1.58. The van der Waals surface area contributed by atoms with Gasteiger partial charge in [0.1, 0.15) is 11.5 Å². The molecule has 0 aromatic heterocycles. The van der Waals surface area contributed by atoms with E-state index in [4.69, 9.17) is 9.47 Å². The third-order valence-corrected chi connectivity index (χ3v) is 10.4. The van der Waals surface area contributed by atoms with Crippen LogP contribution in [-0.4, -0.2) is 87.1 Å². The number of quaternary nitrogens is 2. The highest BCUT2D eigenvalue weighted by Crippen LogP contribution is 2.29. The maximum Gasteiger partial charge on any atom is 0.171 e. The number of ether oxygens (including phenoxy) is 2. The van der Waals surface area contributed by atoms with E-state index in [1.807, 2.05) is 48.5 Å². The Morgan fingerprint density at radius 1 is 0.565 bits per heavy atom. The second-order valence-corrected chi connectivity index (χ2v) is 14.8. The van der Waals surface area contributed by atoms with Crippen molar-refractivity contribution < 1.29 is 28.0 Å². The van der Waals surface area contributed by atoms with Crippen LogP contribution in [0.3, 0.4) is 0 Å². The number of rotatable bonds is 17. The number of Topliss-reactive ketones (excluding diaryl/α,β-unsaturated/α-hetero) is 2. The first-order chi connectivity index (χ1) is 22.2. The van der Waals surface area contributed by atoms with E-state index in [1.54, 1.807) is 0 Å². The molecule has 0 spiro atoms. The lowest BCUT2D eigenvalue weighted by Crippen LogP contribution is -2.50. The fourth-order valence-corrected chi connectivity index (χ4v) is 7.69. The van der Waals surface area contributed by atoms with E-state index in [0.717, 1.165) is 96.5 Å². The predicted molar refractivity (Wildman–Crippen MR) is 188 cm³/mol. The van der Waals surface area contributed by atoms with Gasteiger partial charge in [-0.05, 0) is 126 Å². The van der Waals surface area contributed by atoms with Crippen molar-refractivity contribution in [3.8, 4) is 11.5 Å². The summed E-state index contributed by atoms with van der Waals surface area (Å²) >= 11 is 0. The Labute approximate surface area is 279 Å². The van der Waals surface area contributed by atoms with Gasteiger partial charge in [0.15, 0.2) is 11.6 Å². The van der Waals surface area contributed by atoms with Gasteiger partial charge in [-0.25, -0.2) is 0 Å². The molecule has 2 aromatic carbocycles. The molecule has 2 aliphatic rings. The van der Waals surface area contributed by atoms with Crippen LogP contribution in [0.15, 0.2) is 48.5 Å². The van der Waals surface area contributed by atoms with Gasteiger partial charge in [0.25, 0.3) is 0 Å². The number of ketones is 2. The summed E-state index contributed by atoms with van der Waals surface area (Å²) in [5.41, 5.74) is 1.51. The molecule has 0 unspecified atom stereocenters. The minimum Gasteiger partial charge on any atom is -0.494 e. The molecular formula is C40H62N2O4+2. The maximum atomic E-state index is 14.3. The van der Waals surface area contributed by atoms with Gasteiger partial charge in [-0.15, -0.1) is 0 Å². The Hall–Kier alpha value is -2.70. The molecule has 2 aromatic rings. The van der Waals surface area contributed by atoms with Crippen molar-refractivity contribution in [3.05, 3.63) is 59.7 Å². The SMILES string of the molecule is CCCOc1ccc(C(=O)[C@H](CC[C@H](C[N+]2(C)CCCCCC2)C(=O)c2ccc(OCCC)cc2)C[N+]2(C)CCCCCC2)cc1. The van der Waals surface area contributed by atoms with Gasteiger partial charge in [0.2, 0.25) is 0 Å². The summed E-state index contributed by atoms with van der Waals surface area (Å²) in [5.74, 6) is 1.80. The van der Waals surface area contributed by atoms with Gasteiger partial charge in [0.05, 0.1) is 78.4 Å². The second-order valence-electron chi connectivity index (χ2n) is 14.8. The van der Waals surface area contributed by atoms with Gasteiger partial charge in [0, 0.05) is 11.1 Å². The van der Waals surface area contributed by atoms with E-state index < -0.39 is 0 Å². The average molecular weight is 635 g/mol. The first kappa shape index (κ1) is 36.1. The zero-order chi connectivity index (χ0) is 32.8. The smallest absolute Gasteiger partial charge is 0.171 e. The molecule has 2 aliphatic heterocycles. The van der Waals surface area contributed by atoms with Crippen molar-refractivity contribution >= 4 is 11.6 Å². The molecule has 6 nitrogen and oxygen atoms in total. The minimum absolute atomic E-state index is 0.125. The van der Waals surface area contributed by atoms with Crippen LogP contribution < -0.4 is 9.47 Å². The van der Waals surface area contributed by atoms with Crippen LogP contribution in [-0.2, 0) is 0 Å². The Kier molecular flexibility index (Phi) is 14.1. The predicted octanol–water partition coefficient (Wildman–Crippen LogP) is 8.38. The largest absolute Gasteiger partial charge is 0.494 e. The quantitative estimate of drug-likeness (QED) is 0.130. The van der Waals surface area contributed by atoms with Gasteiger partial charge < -0.3 is 18.4 Å². The van der Waals surface area contributed by atoms with E-state index in [1.165, 1.54) is 51.4 Å². The molecular weight excluding hydrogens is 572 g/mol. The van der Waals surface area contributed by atoms with Gasteiger partial charge in [-0.1, -0.05) is 13.8 Å². The summed E-state index contributed by atoms with van der Waals surface area (Å²) in [6, 6.07) is 15.5. The molecule has 2 fully saturated rings. The van der Waals surface area contributed by atoms with E-state index >= 15 is 0 Å². The zero-order valence-electron chi connectivity index (χ0n) is 29.4. The van der Waals surface area contributed by atoms with Gasteiger partial charge in [-0.3, -0.25) is 9.59 Å². The summed E-state index contributed by atoms with van der Waals surface area (Å²) in [7, 11) is 4.70. The summed E-state index contributed by atoms with van der Waals surface area (Å²) in [6.07, 6.45) is 13.4. The number of hydrogen-bond acceptors (Lipinski definition) is 4. The summed E-state index contributed by atoms with van der Waals surface area (Å²) in [5, 5.41) is 0. The van der Waals surface area contributed by atoms with Crippen molar-refractivity contribution in [1.29, 1.82) is 0 Å². The van der Waals surface area contributed by atoms with Crippen molar-refractivity contribution in [1.82, 2.24) is 0 Å². The lowest BCUT2D eigenvalue weighted by atomic mass is 9.85. The third kappa shape index (κ3) is 10.9. The number of likely N-dealkylation sites (tertiary alicyclic amines) is 2. The van der Waals surface area contributed by atoms with Crippen LogP contribution in [0.25, 0.3) is 0 Å². The molecule has 0 saturated carbocycles. The normalized spacial score (nSPS) is 19.3. The van der Waals surface area contributed by atoms with E-state index in [9.17, 15) is 9.59 Å². The molecule has 4 rings (SSSR count). The number of hydrogen-bond donors (Lipinski definition) is 0. The number of carbonyl (C=O) groups is 2. The van der Waals surface area contributed by atoms with Crippen molar-refractivity contribution in [3.63, 3.8) is 0 Å². The van der Waals surface area contributed by atoms with Crippen molar-refractivity contribution in [2.45, 2.75) is 90.9 Å². The van der Waals surface area contributed by atoms with E-state index in [2.05, 4.69) is 27.9 Å². The van der Waals surface area contributed by atoms with Crippen molar-refractivity contribution in [2.75, 3.05) is 66.6 Å². The molecule has 2 saturated heterocycles. The summed E-state index contributed by atoms with van der Waals surface area (Å²) in [6.45, 7) is 11.7. The zero-order valence-corrected chi connectivity index (χ0v) is 29.4. The highest BCUT2D eigenvalue weighted by Gasteiger charge is 2.36. The van der Waals surface area contributed by atoms with E-state index in [0.29, 0.717) is 13.2 Å². The summed E-state index contributed by atoms with van der Waals surface area (Å²) < 4.78 is 13.5. The summed E-state index contributed by atoms with van der Waals surface area (Å²) in [4.78, 5) is 28.6.